The zero-order valence-electron chi connectivity index (χ0n) is 17.4. The van der Waals surface area contributed by atoms with E-state index in [0.717, 1.165) is 11.4 Å². The molecule has 10 nitrogen and oxygen atoms in total. The zero-order chi connectivity index (χ0) is 21.5. The van der Waals surface area contributed by atoms with Crippen LogP contribution in [0.5, 0.6) is 11.5 Å². The fraction of sp³-hybridized carbons (Fsp3) is 0.300. The molecule has 0 aliphatic heterocycles. The molecule has 0 saturated heterocycles. The van der Waals surface area contributed by atoms with E-state index in [1.165, 1.54) is 6.33 Å². The van der Waals surface area contributed by atoms with Crippen LogP contribution in [-0.4, -0.2) is 53.1 Å². The van der Waals surface area contributed by atoms with Crippen molar-refractivity contribution in [2.24, 2.45) is 0 Å². The second kappa shape index (κ2) is 9.59. The maximum Gasteiger partial charge on any atom is 0.319 e. The maximum atomic E-state index is 12.1. The van der Waals surface area contributed by atoms with Crippen LogP contribution in [0.1, 0.15) is 11.4 Å². The number of amides is 2. The molecule has 2 amide bonds. The number of methoxy groups -OCH3 is 2. The fourth-order valence-electron chi connectivity index (χ4n) is 2.88. The number of benzene rings is 1. The largest absolute Gasteiger partial charge is 0.493 e. The summed E-state index contributed by atoms with van der Waals surface area (Å²) in [5.41, 5.74) is 2.51. The molecule has 158 valence electrons. The molecule has 3 N–H and O–H groups in total. The van der Waals surface area contributed by atoms with Crippen LogP contribution in [0.2, 0.25) is 0 Å². The van der Waals surface area contributed by atoms with Gasteiger partial charge in [0.25, 0.3) is 0 Å². The molecule has 3 rings (SSSR count). The lowest BCUT2D eigenvalue weighted by Gasteiger charge is -2.12. The van der Waals surface area contributed by atoms with Crippen LogP contribution in [0.25, 0.3) is 5.82 Å². The second-order valence-electron chi connectivity index (χ2n) is 6.48. The smallest absolute Gasteiger partial charge is 0.319 e. The minimum absolute atomic E-state index is 0.324. The Bertz CT molecular complexity index is 1020. The van der Waals surface area contributed by atoms with Gasteiger partial charge in [0.1, 0.15) is 12.1 Å². The lowest BCUT2D eigenvalue weighted by molar-refractivity contribution is 0.252. The van der Waals surface area contributed by atoms with Crippen molar-refractivity contribution in [2.45, 2.75) is 13.8 Å². The summed E-state index contributed by atoms with van der Waals surface area (Å²) in [6.07, 6.45) is 1.48. The van der Waals surface area contributed by atoms with Crippen LogP contribution < -0.4 is 25.4 Å². The number of carbonyl (C=O) groups excluding carboxylic acids is 1. The van der Waals surface area contributed by atoms with Crippen molar-refractivity contribution < 1.29 is 14.3 Å². The van der Waals surface area contributed by atoms with E-state index < -0.39 is 0 Å². The number of aromatic nitrogens is 4. The summed E-state index contributed by atoms with van der Waals surface area (Å²) in [6.45, 7) is 4.80. The number of ether oxygens (including phenoxy) is 2. The van der Waals surface area contributed by atoms with Gasteiger partial charge in [0.2, 0.25) is 0 Å². The molecule has 0 unspecified atom stereocenters. The van der Waals surface area contributed by atoms with E-state index >= 15 is 0 Å². The molecule has 0 spiro atoms. The van der Waals surface area contributed by atoms with Gasteiger partial charge in [0.15, 0.2) is 17.3 Å². The highest BCUT2D eigenvalue weighted by molar-refractivity contribution is 5.89. The number of nitrogens with zero attached hydrogens (tertiary/aromatic N) is 4. The summed E-state index contributed by atoms with van der Waals surface area (Å²) >= 11 is 0. The van der Waals surface area contributed by atoms with Crippen LogP contribution in [0.3, 0.4) is 0 Å². The Labute approximate surface area is 174 Å². The summed E-state index contributed by atoms with van der Waals surface area (Å²) in [4.78, 5) is 20.6. The number of aryl methyl sites for hydroxylation is 2. The monoisotopic (exact) mass is 411 g/mol. The van der Waals surface area contributed by atoms with Gasteiger partial charge in [-0.3, -0.25) is 0 Å². The predicted molar refractivity (Wildman–Crippen MR) is 114 cm³/mol. The SMILES string of the molecule is COc1ccc(NC(=O)NCCNc2cc(-n3nc(C)cc3C)ncn2)cc1OC. The van der Waals surface area contributed by atoms with E-state index in [1.54, 1.807) is 37.1 Å². The van der Waals surface area contributed by atoms with E-state index in [4.69, 9.17) is 9.47 Å². The molecule has 0 aliphatic carbocycles. The maximum absolute atomic E-state index is 12.1. The second-order valence-corrected chi connectivity index (χ2v) is 6.48. The van der Waals surface area contributed by atoms with Gasteiger partial charge in [-0.15, -0.1) is 0 Å². The highest BCUT2D eigenvalue weighted by atomic mass is 16.5. The van der Waals surface area contributed by atoms with Gasteiger partial charge in [-0.1, -0.05) is 0 Å². The van der Waals surface area contributed by atoms with E-state index in [2.05, 4.69) is 31.0 Å². The van der Waals surface area contributed by atoms with Crippen molar-refractivity contribution in [1.82, 2.24) is 25.1 Å². The molecule has 0 aliphatic rings. The molecule has 0 atom stereocenters. The van der Waals surface area contributed by atoms with Crippen molar-refractivity contribution in [3.05, 3.63) is 48.0 Å². The molecule has 2 aromatic heterocycles. The van der Waals surface area contributed by atoms with Crippen molar-refractivity contribution in [3.63, 3.8) is 0 Å². The molecule has 0 radical (unpaired) electrons. The van der Waals surface area contributed by atoms with Crippen molar-refractivity contribution in [3.8, 4) is 17.3 Å². The van der Waals surface area contributed by atoms with Crippen LogP contribution >= 0.6 is 0 Å². The molecular weight excluding hydrogens is 386 g/mol. The average Bonchev–Trinajstić information content (AvgIpc) is 3.09. The minimum atomic E-state index is -0.324. The Morgan fingerprint density at radius 2 is 1.83 bits per heavy atom. The predicted octanol–water partition coefficient (Wildman–Crippen LogP) is 2.53. The highest BCUT2D eigenvalue weighted by Gasteiger charge is 2.08. The summed E-state index contributed by atoms with van der Waals surface area (Å²) in [7, 11) is 3.10. The lowest BCUT2D eigenvalue weighted by atomic mass is 10.3. The molecule has 30 heavy (non-hydrogen) atoms. The van der Waals surface area contributed by atoms with Gasteiger partial charge in [-0.2, -0.15) is 5.10 Å². The number of rotatable bonds is 8. The van der Waals surface area contributed by atoms with Crippen molar-refractivity contribution in [2.75, 3.05) is 37.9 Å². The fourth-order valence-corrected chi connectivity index (χ4v) is 2.88. The van der Waals surface area contributed by atoms with Gasteiger partial charge in [0.05, 0.1) is 19.9 Å². The Balaban J connectivity index is 1.49. The number of urea groups is 1. The van der Waals surface area contributed by atoms with Gasteiger partial charge in [0, 0.05) is 36.6 Å². The van der Waals surface area contributed by atoms with E-state index in [9.17, 15) is 4.79 Å². The topological polar surface area (TPSA) is 115 Å². The summed E-state index contributed by atoms with van der Waals surface area (Å²) in [6, 6.07) is 8.62. The van der Waals surface area contributed by atoms with Gasteiger partial charge in [-0.25, -0.2) is 19.4 Å². The number of nitrogens with one attached hydrogen (secondary N) is 3. The summed E-state index contributed by atoms with van der Waals surface area (Å²) in [5, 5.41) is 13.1. The average molecular weight is 411 g/mol. The van der Waals surface area contributed by atoms with Crippen molar-refractivity contribution >= 4 is 17.5 Å². The third-order valence-corrected chi connectivity index (χ3v) is 4.24. The first-order chi connectivity index (χ1) is 14.5. The normalized spacial score (nSPS) is 10.4. The molecule has 0 bridgehead atoms. The molecular formula is C20H25N7O3. The standard InChI is InChI=1S/C20H25N7O3/c1-13-9-14(2)27(26-13)19-11-18(23-12-24-19)21-7-8-22-20(28)25-15-5-6-16(29-3)17(10-15)30-4/h5-6,9-12H,7-8H2,1-4H3,(H,21,23,24)(H2,22,25,28). The Morgan fingerprint density at radius 3 is 2.53 bits per heavy atom. The van der Waals surface area contributed by atoms with Crippen LogP contribution in [0.15, 0.2) is 36.7 Å². The molecule has 1 aromatic carbocycles. The van der Waals surface area contributed by atoms with E-state index in [1.807, 2.05) is 26.0 Å². The number of hydrogen-bond donors (Lipinski definition) is 3. The number of carbonyl (C=O) groups is 1. The van der Waals surface area contributed by atoms with Gasteiger partial charge < -0.3 is 25.4 Å². The molecule has 0 fully saturated rings. The first-order valence-corrected chi connectivity index (χ1v) is 9.36. The van der Waals surface area contributed by atoms with E-state index in [-0.39, 0.29) is 6.03 Å². The molecule has 3 aromatic rings. The third-order valence-electron chi connectivity index (χ3n) is 4.24. The zero-order valence-corrected chi connectivity index (χ0v) is 17.4. The quantitative estimate of drug-likeness (QED) is 0.488. The third kappa shape index (κ3) is 5.16. The van der Waals surface area contributed by atoms with Crippen LogP contribution in [0.4, 0.5) is 16.3 Å². The molecule has 10 heteroatoms. The number of hydrogen-bond acceptors (Lipinski definition) is 7. The summed E-state index contributed by atoms with van der Waals surface area (Å²) < 4.78 is 12.2. The van der Waals surface area contributed by atoms with Crippen molar-refractivity contribution in [1.29, 1.82) is 0 Å². The van der Waals surface area contributed by atoms with Gasteiger partial charge in [-0.05, 0) is 32.0 Å². The first-order valence-electron chi connectivity index (χ1n) is 9.36. The van der Waals surface area contributed by atoms with Crippen LogP contribution in [0, 0.1) is 13.8 Å². The van der Waals surface area contributed by atoms with Gasteiger partial charge >= 0.3 is 6.03 Å². The minimum Gasteiger partial charge on any atom is -0.493 e. The first kappa shape index (κ1) is 20.9. The molecule has 0 saturated carbocycles. The lowest BCUT2D eigenvalue weighted by Crippen LogP contribution is -2.32. The molecule has 2 heterocycles. The van der Waals surface area contributed by atoms with E-state index in [0.29, 0.717) is 41.9 Å². The van der Waals surface area contributed by atoms with Crippen LogP contribution in [-0.2, 0) is 0 Å². The Hall–Kier alpha value is -3.82. The Kier molecular flexibility index (Phi) is 6.68. The highest BCUT2D eigenvalue weighted by Crippen LogP contribution is 2.29. The Morgan fingerprint density at radius 1 is 1.03 bits per heavy atom. The summed E-state index contributed by atoms with van der Waals surface area (Å²) in [5.74, 6) is 2.46. The number of anilines is 2.